The van der Waals surface area contributed by atoms with Gasteiger partial charge in [-0.2, -0.15) is 0 Å². The van der Waals surface area contributed by atoms with Gasteiger partial charge in [0.05, 0.1) is 11.9 Å². The van der Waals surface area contributed by atoms with E-state index in [9.17, 15) is 0 Å². The van der Waals surface area contributed by atoms with E-state index >= 15 is 0 Å². The minimum Gasteiger partial charge on any atom is -0.496 e. The lowest BCUT2D eigenvalue weighted by Gasteiger charge is -2.29. The summed E-state index contributed by atoms with van der Waals surface area (Å²) in [6.07, 6.45) is 1.19. The summed E-state index contributed by atoms with van der Waals surface area (Å²) in [6, 6.07) is 0.446. The van der Waals surface area contributed by atoms with Crippen molar-refractivity contribution in [3.63, 3.8) is 0 Å². The molecule has 0 N–H and O–H groups in total. The highest BCUT2D eigenvalue weighted by molar-refractivity contribution is 4.90. The molecule has 0 saturated heterocycles. The van der Waals surface area contributed by atoms with Gasteiger partial charge in [0.15, 0.2) is 0 Å². The Morgan fingerprint density at radius 2 is 1.79 bits per heavy atom. The van der Waals surface area contributed by atoms with Crippen molar-refractivity contribution in [1.82, 2.24) is 4.90 Å². The molecule has 0 heterocycles. The van der Waals surface area contributed by atoms with Crippen LogP contribution >= 0.6 is 0 Å². The first kappa shape index (κ1) is 13.1. The van der Waals surface area contributed by atoms with Crippen molar-refractivity contribution < 1.29 is 4.74 Å². The Labute approximate surface area is 88.2 Å². The summed E-state index contributed by atoms with van der Waals surface area (Å²) in [5.41, 5.74) is 1.08. The number of hydrogen-bond acceptors (Lipinski definition) is 2. The second-order valence-electron chi connectivity index (χ2n) is 4.06. The number of allylic oxidation sites excluding steroid dienone is 2. The molecule has 0 amide bonds. The Kier molecular flexibility index (Phi) is 5.36. The van der Waals surface area contributed by atoms with Crippen LogP contribution in [0.2, 0.25) is 0 Å². The maximum absolute atomic E-state index is 5.50. The Morgan fingerprint density at radius 1 is 1.29 bits per heavy atom. The van der Waals surface area contributed by atoms with E-state index in [1.54, 1.807) is 0 Å². The fourth-order valence-corrected chi connectivity index (χ4v) is 1.41. The summed E-state index contributed by atoms with van der Waals surface area (Å²) in [5, 5.41) is 0. The summed E-state index contributed by atoms with van der Waals surface area (Å²) in [7, 11) is 2.06. The number of rotatable bonds is 6. The van der Waals surface area contributed by atoms with Gasteiger partial charge in [0.1, 0.15) is 0 Å². The molecule has 14 heavy (non-hydrogen) atoms. The molecule has 0 aliphatic rings. The van der Waals surface area contributed by atoms with Crippen molar-refractivity contribution in [3.8, 4) is 0 Å². The zero-order chi connectivity index (χ0) is 11.3. The van der Waals surface area contributed by atoms with Crippen LogP contribution in [0.15, 0.2) is 24.6 Å². The quantitative estimate of drug-likeness (QED) is 0.606. The Balaban J connectivity index is 3.98. The van der Waals surface area contributed by atoms with Crippen LogP contribution < -0.4 is 0 Å². The zero-order valence-electron chi connectivity index (χ0n) is 10.1. The summed E-state index contributed by atoms with van der Waals surface area (Å²) in [6.45, 7) is 15.8. The van der Waals surface area contributed by atoms with Crippen LogP contribution in [0.3, 0.4) is 0 Å². The molecule has 2 atom stereocenters. The number of nitrogens with zero attached hydrogens (tertiary/aromatic N) is 1. The van der Waals surface area contributed by atoms with E-state index in [1.807, 2.05) is 13.8 Å². The third kappa shape index (κ3) is 4.95. The van der Waals surface area contributed by atoms with E-state index in [0.717, 1.165) is 17.9 Å². The van der Waals surface area contributed by atoms with Gasteiger partial charge >= 0.3 is 0 Å². The molecule has 0 aromatic carbocycles. The zero-order valence-corrected chi connectivity index (χ0v) is 10.1. The molecule has 0 aliphatic carbocycles. The van der Waals surface area contributed by atoms with Gasteiger partial charge in [0, 0.05) is 25.2 Å². The van der Waals surface area contributed by atoms with Crippen molar-refractivity contribution in [2.45, 2.75) is 46.3 Å². The Bertz CT molecular complexity index is 210. The minimum atomic E-state index is 0.212. The van der Waals surface area contributed by atoms with Crippen molar-refractivity contribution in [2.24, 2.45) is 0 Å². The molecular formula is C12H23NO. The molecule has 2 unspecified atom stereocenters. The van der Waals surface area contributed by atoms with E-state index in [2.05, 4.69) is 39.0 Å². The Morgan fingerprint density at radius 3 is 2.14 bits per heavy atom. The minimum absolute atomic E-state index is 0.212. The van der Waals surface area contributed by atoms with Crippen molar-refractivity contribution in [3.05, 3.63) is 24.6 Å². The first-order valence-corrected chi connectivity index (χ1v) is 5.05. The smallest absolute Gasteiger partial charge is 0.0973 e. The fourth-order valence-electron chi connectivity index (χ4n) is 1.41. The van der Waals surface area contributed by atoms with Crippen molar-refractivity contribution >= 4 is 0 Å². The first-order valence-electron chi connectivity index (χ1n) is 5.05. The van der Waals surface area contributed by atoms with Gasteiger partial charge in [-0.05, 0) is 27.7 Å². The van der Waals surface area contributed by atoms with Crippen LogP contribution in [-0.4, -0.2) is 24.1 Å². The summed E-state index contributed by atoms with van der Waals surface area (Å²) >= 11 is 0. The summed E-state index contributed by atoms with van der Waals surface area (Å²) in [5.74, 6) is 0.780. The average Bonchev–Trinajstić information content (AvgIpc) is 2.00. The molecule has 0 radical (unpaired) electrons. The molecule has 2 nitrogen and oxygen atoms in total. The lowest BCUT2D eigenvalue weighted by molar-refractivity contribution is 0.103. The molecular weight excluding hydrogens is 174 g/mol. The highest BCUT2D eigenvalue weighted by Gasteiger charge is 2.13. The average molecular weight is 197 g/mol. The molecule has 0 rings (SSSR count). The largest absolute Gasteiger partial charge is 0.496 e. The normalized spacial score (nSPS) is 14.4. The molecule has 0 fully saturated rings. The van der Waals surface area contributed by atoms with Gasteiger partial charge in [-0.25, -0.2) is 0 Å². The maximum atomic E-state index is 5.50. The molecule has 0 bridgehead atoms. The predicted octanol–water partition coefficient (Wildman–Crippen LogP) is 3.17. The van der Waals surface area contributed by atoms with Crippen LogP contribution in [0.1, 0.15) is 34.1 Å². The lowest BCUT2D eigenvalue weighted by Crippen LogP contribution is -2.30. The van der Waals surface area contributed by atoms with Gasteiger partial charge < -0.3 is 9.64 Å². The number of hydrogen-bond donors (Lipinski definition) is 0. The van der Waals surface area contributed by atoms with E-state index in [0.29, 0.717) is 6.04 Å². The monoisotopic (exact) mass is 197 g/mol. The number of ether oxygens (including phenoxy) is 1. The highest BCUT2D eigenvalue weighted by atomic mass is 16.5. The van der Waals surface area contributed by atoms with Crippen molar-refractivity contribution in [2.75, 3.05) is 7.05 Å². The second-order valence-corrected chi connectivity index (χ2v) is 4.06. The standard InChI is InChI=1S/C12H23NO/c1-9(2)13(7)11(5)8-12(6)14-10(3)4/h11-12H,1,3,8H2,2,4-7H3. The third-order valence-electron chi connectivity index (χ3n) is 2.34. The van der Waals surface area contributed by atoms with Crippen LogP contribution in [0, 0.1) is 0 Å². The summed E-state index contributed by atoms with van der Waals surface area (Å²) in [4.78, 5) is 2.16. The second kappa shape index (κ2) is 5.74. The lowest BCUT2D eigenvalue weighted by atomic mass is 10.1. The topological polar surface area (TPSA) is 12.5 Å². The first-order chi connectivity index (χ1) is 6.34. The molecule has 0 aliphatic heterocycles. The fraction of sp³-hybridized carbons (Fsp3) is 0.667. The van der Waals surface area contributed by atoms with Gasteiger partial charge in [-0.1, -0.05) is 13.2 Å². The van der Waals surface area contributed by atoms with Gasteiger partial charge in [0.2, 0.25) is 0 Å². The van der Waals surface area contributed by atoms with Gasteiger partial charge in [-0.3, -0.25) is 0 Å². The van der Waals surface area contributed by atoms with Crippen LogP contribution in [0.5, 0.6) is 0 Å². The third-order valence-corrected chi connectivity index (χ3v) is 2.34. The molecule has 0 aromatic rings. The van der Waals surface area contributed by atoms with E-state index in [4.69, 9.17) is 4.74 Å². The SMILES string of the molecule is C=C(C)OC(C)CC(C)N(C)C(=C)C. The van der Waals surface area contributed by atoms with E-state index in [-0.39, 0.29) is 6.10 Å². The predicted molar refractivity (Wildman–Crippen MR) is 62.0 cm³/mol. The maximum Gasteiger partial charge on any atom is 0.0973 e. The van der Waals surface area contributed by atoms with Crippen LogP contribution in [0.25, 0.3) is 0 Å². The van der Waals surface area contributed by atoms with Crippen LogP contribution in [0.4, 0.5) is 0 Å². The van der Waals surface area contributed by atoms with E-state index in [1.165, 1.54) is 0 Å². The van der Waals surface area contributed by atoms with E-state index < -0.39 is 0 Å². The molecule has 0 saturated carbocycles. The highest BCUT2D eigenvalue weighted by Crippen LogP contribution is 2.12. The van der Waals surface area contributed by atoms with Crippen molar-refractivity contribution in [1.29, 1.82) is 0 Å². The van der Waals surface area contributed by atoms with Crippen LogP contribution in [-0.2, 0) is 4.74 Å². The van der Waals surface area contributed by atoms with Gasteiger partial charge in [0.25, 0.3) is 0 Å². The summed E-state index contributed by atoms with van der Waals surface area (Å²) < 4.78 is 5.50. The van der Waals surface area contributed by atoms with Gasteiger partial charge in [-0.15, -0.1) is 0 Å². The molecule has 0 aromatic heterocycles. The molecule has 2 heteroatoms. The molecule has 0 spiro atoms. The Hall–Kier alpha value is -0.920. The molecule has 82 valence electrons.